The molecule has 2 amide bonds. The number of halogens is 2. The first-order valence-electron chi connectivity index (χ1n) is 11.0. The number of amides is 2. The minimum absolute atomic E-state index is 0.00967. The Bertz CT molecular complexity index is 1240. The summed E-state index contributed by atoms with van der Waals surface area (Å²) >= 11 is 14.1. The van der Waals surface area contributed by atoms with E-state index in [4.69, 9.17) is 32.7 Å². The van der Waals surface area contributed by atoms with Crippen LogP contribution >= 0.6 is 35.0 Å². The molecule has 4 rings (SSSR count). The summed E-state index contributed by atoms with van der Waals surface area (Å²) in [6, 6.07) is 18.2. The van der Waals surface area contributed by atoms with Crippen molar-refractivity contribution in [1.82, 2.24) is 0 Å². The van der Waals surface area contributed by atoms with Gasteiger partial charge in [-0.25, -0.2) is 0 Å². The Kier molecular flexibility index (Phi) is 8.11. The highest BCUT2D eigenvalue weighted by Gasteiger charge is 2.35. The van der Waals surface area contributed by atoms with E-state index < -0.39 is 0 Å². The number of carbonyl (C=O) groups excluding carboxylic acids is 2. The predicted molar refractivity (Wildman–Crippen MR) is 142 cm³/mol. The first kappa shape index (κ1) is 25.2. The zero-order chi connectivity index (χ0) is 24.9. The number of aryl methyl sites for hydroxylation is 1. The number of hydrogen-bond acceptors (Lipinski definition) is 5. The van der Waals surface area contributed by atoms with Crippen LogP contribution in [-0.4, -0.2) is 30.8 Å². The topological polar surface area (TPSA) is 67.9 Å². The smallest absolute Gasteiger partial charge is 0.262 e. The van der Waals surface area contributed by atoms with Crippen LogP contribution in [0, 0.1) is 6.92 Å². The molecule has 1 N–H and O–H groups in total. The largest absolute Gasteiger partial charge is 0.490 e. The van der Waals surface area contributed by atoms with Gasteiger partial charge < -0.3 is 14.8 Å². The van der Waals surface area contributed by atoms with Crippen molar-refractivity contribution in [1.29, 1.82) is 0 Å². The van der Waals surface area contributed by atoms with E-state index in [2.05, 4.69) is 5.32 Å². The van der Waals surface area contributed by atoms with Crippen molar-refractivity contribution >= 4 is 58.2 Å². The van der Waals surface area contributed by atoms with Crippen molar-refractivity contribution < 1.29 is 19.1 Å². The van der Waals surface area contributed by atoms with E-state index in [1.807, 2.05) is 56.3 Å². The van der Waals surface area contributed by atoms with Crippen LogP contribution in [0.25, 0.3) is 0 Å². The van der Waals surface area contributed by atoms with Gasteiger partial charge in [0.1, 0.15) is 5.37 Å². The Morgan fingerprint density at radius 2 is 1.89 bits per heavy atom. The lowest BCUT2D eigenvalue weighted by Gasteiger charge is -2.25. The van der Waals surface area contributed by atoms with E-state index in [0.29, 0.717) is 33.8 Å². The fourth-order valence-corrected chi connectivity index (χ4v) is 5.30. The summed E-state index contributed by atoms with van der Waals surface area (Å²) in [6.45, 7) is 3.94. The highest BCUT2D eigenvalue weighted by molar-refractivity contribution is 8.00. The molecule has 3 aromatic rings. The number of rotatable bonds is 8. The second kappa shape index (κ2) is 11.2. The number of benzene rings is 3. The summed E-state index contributed by atoms with van der Waals surface area (Å²) < 4.78 is 11.6. The van der Waals surface area contributed by atoms with Crippen molar-refractivity contribution in [2.75, 3.05) is 29.2 Å². The lowest BCUT2D eigenvalue weighted by atomic mass is 10.1. The Morgan fingerprint density at radius 3 is 2.60 bits per heavy atom. The molecule has 182 valence electrons. The molecule has 6 nitrogen and oxygen atoms in total. The predicted octanol–water partition coefficient (Wildman–Crippen LogP) is 6.50. The van der Waals surface area contributed by atoms with Crippen molar-refractivity contribution in [2.24, 2.45) is 0 Å². The lowest BCUT2D eigenvalue weighted by molar-refractivity contribution is -0.118. The molecule has 1 fully saturated rings. The van der Waals surface area contributed by atoms with E-state index in [-0.39, 0.29) is 29.5 Å². The van der Waals surface area contributed by atoms with Gasteiger partial charge in [-0.2, -0.15) is 0 Å². The van der Waals surface area contributed by atoms with Crippen LogP contribution in [0.3, 0.4) is 0 Å². The van der Waals surface area contributed by atoms with Gasteiger partial charge in [-0.1, -0.05) is 35.3 Å². The number of nitrogens with zero attached hydrogens (tertiary/aromatic N) is 1. The second-order valence-electron chi connectivity index (χ2n) is 7.87. The van der Waals surface area contributed by atoms with Gasteiger partial charge >= 0.3 is 0 Å². The maximum absolute atomic E-state index is 12.7. The Balaban J connectivity index is 1.55. The Hall–Kier alpha value is -2.87. The van der Waals surface area contributed by atoms with Gasteiger partial charge in [-0.15, -0.1) is 11.8 Å². The number of carbonyl (C=O) groups is 2. The van der Waals surface area contributed by atoms with Crippen LogP contribution in [0.4, 0.5) is 11.4 Å². The normalized spacial score (nSPS) is 15.3. The molecule has 0 spiro atoms. The highest BCUT2D eigenvalue weighted by Crippen LogP contribution is 2.46. The van der Waals surface area contributed by atoms with E-state index in [1.165, 1.54) is 11.8 Å². The molecule has 9 heteroatoms. The maximum atomic E-state index is 12.7. The molecule has 0 aliphatic carbocycles. The van der Waals surface area contributed by atoms with E-state index in [0.717, 1.165) is 16.8 Å². The first-order chi connectivity index (χ1) is 16.9. The highest BCUT2D eigenvalue weighted by atomic mass is 35.5. The summed E-state index contributed by atoms with van der Waals surface area (Å²) in [5, 5.41) is 3.41. The quantitative estimate of drug-likeness (QED) is 0.360. The van der Waals surface area contributed by atoms with Crippen molar-refractivity contribution in [3.8, 4) is 11.5 Å². The van der Waals surface area contributed by atoms with Crippen LogP contribution in [0.15, 0.2) is 60.7 Å². The monoisotopic (exact) mass is 530 g/mol. The molecule has 0 aromatic heterocycles. The number of thioether (sulfide) groups is 1. The average molecular weight is 531 g/mol. The second-order valence-corrected chi connectivity index (χ2v) is 9.79. The summed E-state index contributed by atoms with van der Waals surface area (Å²) in [4.78, 5) is 26.9. The van der Waals surface area contributed by atoms with Crippen molar-refractivity contribution in [2.45, 2.75) is 19.2 Å². The molecule has 1 aliphatic rings. The lowest BCUT2D eigenvalue weighted by Crippen LogP contribution is -2.27. The minimum atomic E-state index is -0.316. The van der Waals surface area contributed by atoms with Gasteiger partial charge in [0.05, 0.1) is 17.4 Å². The number of anilines is 2. The molecule has 1 heterocycles. The summed E-state index contributed by atoms with van der Waals surface area (Å²) in [7, 11) is 0. The van der Waals surface area contributed by atoms with Gasteiger partial charge in [0, 0.05) is 16.4 Å². The third kappa shape index (κ3) is 6.04. The molecule has 0 saturated carbocycles. The van der Waals surface area contributed by atoms with Crippen molar-refractivity contribution in [3.63, 3.8) is 0 Å². The summed E-state index contributed by atoms with van der Waals surface area (Å²) in [5.41, 5.74) is 3.27. The number of ether oxygens (including phenoxy) is 2. The third-order valence-corrected chi connectivity index (χ3v) is 6.98. The number of hydrogen-bond donors (Lipinski definition) is 1. The molecule has 1 atom stereocenters. The van der Waals surface area contributed by atoms with Gasteiger partial charge in [-0.3, -0.25) is 14.5 Å². The number of nitrogens with one attached hydrogen (secondary N) is 1. The molecule has 0 bridgehead atoms. The molecule has 1 aliphatic heterocycles. The van der Waals surface area contributed by atoms with Crippen LogP contribution in [0.5, 0.6) is 11.5 Å². The molecule has 3 aromatic carbocycles. The van der Waals surface area contributed by atoms with Crippen molar-refractivity contribution in [3.05, 3.63) is 81.8 Å². The van der Waals surface area contributed by atoms with Gasteiger partial charge in [0.15, 0.2) is 18.1 Å². The molecular weight excluding hydrogens is 507 g/mol. The standard InChI is InChI=1S/C26H24Cl2N2O4S/c1-3-33-22-13-17(26-30(24(32)15-35-26)20-9-7-18(27)8-10-20)12-21(28)25(22)34-14-23(31)29-19-6-4-5-16(2)11-19/h4-13,26H,3,14-15H2,1-2H3,(H,29,31)/t26-/m0/s1. The molecule has 35 heavy (non-hydrogen) atoms. The first-order valence-corrected chi connectivity index (χ1v) is 12.8. The molecular formula is C26H24Cl2N2O4S. The fraction of sp³-hybridized carbons (Fsp3) is 0.231. The van der Waals surface area contributed by atoms with Gasteiger partial charge in [0.2, 0.25) is 5.91 Å². The van der Waals surface area contributed by atoms with Gasteiger partial charge in [0.25, 0.3) is 5.91 Å². The van der Waals surface area contributed by atoms with Crippen LogP contribution < -0.4 is 19.7 Å². The van der Waals surface area contributed by atoms with Crippen LogP contribution in [0.1, 0.15) is 23.4 Å². The fourth-order valence-electron chi connectivity index (χ4n) is 3.74. The van der Waals surface area contributed by atoms with E-state index in [9.17, 15) is 9.59 Å². The third-order valence-electron chi connectivity index (χ3n) is 5.24. The minimum Gasteiger partial charge on any atom is -0.490 e. The zero-order valence-corrected chi connectivity index (χ0v) is 21.5. The average Bonchev–Trinajstić information content (AvgIpc) is 3.20. The molecule has 0 unspecified atom stereocenters. The SMILES string of the molecule is CCOc1cc([C@@H]2SCC(=O)N2c2ccc(Cl)cc2)cc(Cl)c1OCC(=O)Nc1cccc(C)c1. The Labute approximate surface area is 218 Å². The maximum Gasteiger partial charge on any atom is 0.262 e. The van der Waals surface area contributed by atoms with E-state index >= 15 is 0 Å². The van der Waals surface area contributed by atoms with Crippen LogP contribution in [-0.2, 0) is 9.59 Å². The molecule has 0 radical (unpaired) electrons. The molecule has 1 saturated heterocycles. The summed E-state index contributed by atoms with van der Waals surface area (Å²) in [6.07, 6.45) is 0. The van der Waals surface area contributed by atoms with Crippen LogP contribution in [0.2, 0.25) is 10.0 Å². The Morgan fingerprint density at radius 1 is 1.11 bits per heavy atom. The zero-order valence-electron chi connectivity index (χ0n) is 19.2. The summed E-state index contributed by atoms with van der Waals surface area (Å²) in [5.74, 6) is 0.707. The van der Waals surface area contributed by atoms with Gasteiger partial charge in [-0.05, 0) is 73.5 Å². The van der Waals surface area contributed by atoms with E-state index in [1.54, 1.807) is 23.1 Å².